The zero-order valence-corrected chi connectivity index (χ0v) is 17.0. The molecule has 0 aliphatic rings. The monoisotopic (exact) mass is 416 g/mol. The van der Waals surface area contributed by atoms with Gasteiger partial charge in [0.05, 0.1) is 44.7 Å². The predicted molar refractivity (Wildman–Crippen MR) is 107 cm³/mol. The molecule has 0 heterocycles. The summed E-state index contributed by atoms with van der Waals surface area (Å²) in [6.45, 7) is 0.237. The van der Waals surface area contributed by atoms with Crippen LogP contribution in [-0.4, -0.2) is 34.3 Å². The minimum Gasteiger partial charge on any atom is -0.496 e. The van der Waals surface area contributed by atoms with Crippen LogP contribution < -0.4 is 30.0 Å². The lowest BCUT2D eigenvalue weighted by Gasteiger charge is -2.15. The SMILES string of the molecule is COc1cc(N)c(Cl)cc1C(=O)NCc1cc(OC)c(OC)c(OC)c1.Cl. The molecular formula is C18H22Cl2N2O5. The van der Waals surface area contributed by atoms with Gasteiger partial charge in [-0.05, 0) is 23.8 Å². The van der Waals surface area contributed by atoms with E-state index in [-0.39, 0.29) is 29.9 Å². The van der Waals surface area contributed by atoms with Crippen LogP contribution in [0, 0.1) is 0 Å². The second-order valence-electron chi connectivity index (χ2n) is 5.29. The lowest BCUT2D eigenvalue weighted by Crippen LogP contribution is -2.23. The fourth-order valence-corrected chi connectivity index (χ4v) is 2.59. The number of carbonyl (C=O) groups excluding carboxylic acids is 1. The first kappa shape index (κ1) is 22.5. The lowest BCUT2D eigenvalue weighted by atomic mass is 10.1. The Kier molecular flexibility index (Phi) is 8.33. The molecule has 0 unspecified atom stereocenters. The van der Waals surface area contributed by atoms with Gasteiger partial charge in [-0.2, -0.15) is 0 Å². The maximum Gasteiger partial charge on any atom is 0.255 e. The molecule has 148 valence electrons. The highest BCUT2D eigenvalue weighted by Gasteiger charge is 2.17. The van der Waals surface area contributed by atoms with Crippen molar-refractivity contribution in [3.63, 3.8) is 0 Å². The molecule has 9 heteroatoms. The van der Waals surface area contributed by atoms with Crippen LogP contribution in [0.25, 0.3) is 0 Å². The number of anilines is 1. The first-order valence-electron chi connectivity index (χ1n) is 7.65. The number of rotatable bonds is 7. The minimum atomic E-state index is -0.350. The van der Waals surface area contributed by atoms with Gasteiger partial charge in [-0.15, -0.1) is 12.4 Å². The number of nitrogen functional groups attached to an aromatic ring is 1. The zero-order chi connectivity index (χ0) is 19.3. The number of nitrogens with two attached hydrogens (primary N) is 1. The van der Waals surface area contributed by atoms with Crippen LogP contribution in [0.2, 0.25) is 5.02 Å². The number of benzene rings is 2. The Morgan fingerprint density at radius 1 is 0.963 bits per heavy atom. The molecule has 3 N–H and O–H groups in total. The van der Waals surface area contributed by atoms with Crippen LogP contribution in [-0.2, 0) is 6.54 Å². The van der Waals surface area contributed by atoms with E-state index in [0.717, 1.165) is 5.56 Å². The van der Waals surface area contributed by atoms with E-state index in [1.165, 1.54) is 40.6 Å². The Labute approximate surface area is 169 Å². The van der Waals surface area contributed by atoms with E-state index in [9.17, 15) is 4.79 Å². The predicted octanol–water partition coefficient (Wildman–Crippen LogP) is 3.31. The van der Waals surface area contributed by atoms with Gasteiger partial charge in [0, 0.05) is 12.6 Å². The van der Waals surface area contributed by atoms with E-state index in [1.54, 1.807) is 12.1 Å². The van der Waals surface area contributed by atoms with Crippen LogP contribution in [0.1, 0.15) is 15.9 Å². The molecule has 0 spiro atoms. The Hall–Kier alpha value is -2.51. The molecule has 0 bridgehead atoms. The maximum absolute atomic E-state index is 12.5. The Morgan fingerprint density at radius 2 is 1.52 bits per heavy atom. The van der Waals surface area contributed by atoms with Gasteiger partial charge in [0.15, 0.2) is 11.5 Å². The topological polar surface area (TPSA) is 92.0 Å². The molecular weight excluding hydrogens is 395 g/mol. The average Bonchev–Trinajstić information content (AvgIpc) is 2.66. The van der Waals surface area contributed by atoms with E-state index < -0.39 is 0 Å². The zero-order valence-electron chi connectivity index (χ0n) is 15.4. The first-order valence-corrected chi connectivity index (χ1v) is 8.03. The standard InChI is InChI=1S/C18H21ClN2O5.ClH/c1-23-14-8-13(20)12(19)7-11(14)18(22)21-9-10-5-15(24-2)17(26-4)16(6-10)25-3;/h5-8H,9,20H2,1-4H3,(H,21,22);1H. The highest BCUT2D eigenvalue weighted by atomic mass is 35.5. The number of hydrogen-bond donors (Lipinski definition) is 2. The average molecular weight is 417 g/mol. The molecule has 0 aromatic heterocycles. The van der Waals surface area contributed by atoms with Crippen LogP contribution >= 0.6 is 24.0 Å². The molecule has 1 amide bonds. The van der Waals surface area contributed by atoms with Gasteiger partial charge >= 0.3 is 0 Å². The van der Waals surface area contributed by atoms with Crippen molar-refractivity contribution in [2.75, 3.05) is 34.2 Å². The number of ether oxygens (including phenoxy) is 4. The van der Waals surface area contributed by atoms with Crippen molar-refractivity contribution in [3.8, 4) is 23.0 Å². The summed E-state index contributed by atoms with van der Waals surface area (Å²) < 4.78 is 21.1. The Balaban J connectivity index is 0.00000364. The van der Waals surface area contributed by atoms with Crippen molar-refractivity contribution in [1.29, 1.82) is 0 Å². The second-order valence-corrected chi connectivity index (χ2v) is 5.70. The summed E-state index contributed by atoms with van der Waals surface area (Å²) in [5.41, 5.74) is 7.14. The molecule has 0 aliphatic carbocycles. The summed E-state index contributed by atoms with van der Waals surface area (Å²) in [5.74, 6) is 1.48. The van der Waals surface area contributed by atoms with Gasteiger partial charge in [0.25, 0.3) is 5.91 Å². The summed E-state index contributed by atoms with van der Waals surface area (Å²) >= 11 is 6.01. The van der Waals surface area contributed by atoms with Crippen molar-refractivity contribution < 1.29 is 23.7 Å². The number of methoxy groups -OCH3 is 4. The van der Waals surface area contributed by atoms with Gasteiger partial charge in [-0.3, -0.25) is 4.79 Å². The fraction of sp³-hybridized carbons (Fsp3) is 0.278. The van der Waals surface area contributed by atoms with Crippen LogP contribution in [0.5, 0.6) is 23.0 Å². The van der Waals surface area contributed by atoms with Crippen molar-refractivity contribution in [1.82, 2.24) is 5.32 Å². The lowest BCUT2D eigenvalue weighted by molar-refractivity contribution is 0.0948. The molecule has 2 rings (SSSR count). The van der Waals surface area contributed by atoms with Crippen molar-refractivity contribution in [2.45, 2.75) is 6.54 Å². The third-order valence-corrected chi connectivity index (χ3v) is 4.07. The Bertz CT molecular complexity index is 790. The number of halogens is 2. The second kappa shape index (κ2) is 9.99. The third kappa shape index (κ3) is 5.02. The molecule has 0 atom stereocenters. The third-order valence-electron chi connectivity index (χ3n) is 3.74. The maximum atomic E-state index is 12.5. The molecule has 7 nitrogen and oxygen atoms in total. The van der Waals surface area contributed by atoms with Crippen molar-refractivity contribution in [2.24, 2.45) is 0 Å². The molecule has 0 radical (unpaired) electrons. The highest BCUT2D eigenvalue weighted by molar-refractivity contribution is 6.33. The first-order chi connectivity index (χ1) is 12.4. The van der Waals surface area contributed by atoms with E-state index in [0.29, 0.717) is 34.2 Å². The largest absolute Gasteiger partial charge is 0.496 e. The molecule has 0 aliphatic heterocycles. The van der Waals surface area contributed by atoms with Gasteiger partial charge < -0.3 is 30.0 Å². The van der Waals surface area contributed by atoms with Gasteiger partial charge in [0.2, 0.25) is 5.75 Å². The molecule has 0 fully saturated rings. The van der Waals surface area contributed by atoms with Crippen LogP contribution in [0.4, 0.5) is 5.69 Å². The molecule has 0 saturated heterocycles. The fourth-order valence-electron chi connectivity index (χ4n) is 2.43. The normalized spacial score (nSPS) is 9.81. The number of hydrogen-bond acceptors (Lipinski definition) is 6. The van der Waals surface area contributed by atoms with Crippen molar-refractivity contribution in [3.05, 3.63) is 40.4 Å². The summed E-state index contributed by atoms with van der Waals surface area (Å²) in [6.07, 6.45) is 0. The van der Waals surface area contributed by atoms with Gasteiger partial charge in [0.1, 0.15) is 5.75 Å². The molecule has 2 aromatic carbocycles. The summed E-state index contributed by atoms with van der Waals surface area (Å²) in [4.78, 5) is 12.5. The van der Waals surface area contributed by atoms with E-state index >= 15 is 0 Å². The van der Waals surface area contributed by atoms with E-state index in [4.69, 9.17) is 36.3 Å². The molecule has 2 aromatic rings. The smallest absolute Gasteiger partial charge is 0.255 e. The van der Waals surface area contributed by atoms with Crippen LogP contribution in [0.3, 0.4) is 0 Å². The minimum absolute atomic E-state index is 0. The number of nitrogens with one attached hydrogen (secondary N) is 1. The summed E-state index contributed by atoms with van der Waals surface area (Å²) in [6, 6.07) is 6.50. The van der Waals surface area contributed by atoms with Crippen molar-refractivity contribution >= 4 is 35.6 Å². The highest BCUT2D eigenvalue weighted by Crippen LogP contribution is 2.38. The van der Waals surface area contributed by atoms with Crippen LogP contribution in [0.15, 0.2) is 24.3 Å². The van der Waals surface area contributed by atoms with Gasteiger partial charge in [-0.1, -0.05) is 11.6 Å². The quantitative estimate of drug-likeness (QED) is 0.672. The Morgan fingerprint density at radius 3 is 2.00 bits per heavy atom. The summed E-state index contributed by atoms with van der Waals surface area (Å²) in [5, 5.41) is 3.09. The van der Waals surface area contributed by atoms with E-state index in [1.807, 2.05) is 0 Å². The molecule has 0 saturated carbocycles. The number of amides is 1. The van der Waals surface area contributed by atoms with E-state index in [2.05, 4.69) is 5.32 Å². The number of carbonyl (C=O) groups is 1. The molecule has 27 heavy (non-hydrogen) atoms. The van der Waals surface area contributed by atoms with Gasteiger partial charge in [-0.25, -0.2) is 0 Å². The summed E-state index contributed by atoms with van der Waals surface area (Å²) in [7, 11) is 6.04.